The lowest BCUT2D eigenvalue weighted by Gasteiger charge is -2.21. The molecule has 0 bridgehead atoms. The molecule has 1 unspecified atom stereocenters. The third-order valence-corrected chi connectivity index (χ3v) is 2.45. The smallest absolute Gasteiger partial charge is 0.224 e. The zero-order chi connectivity index (χ0) is 12.0. The summed E-state index contributed by atoms with van der Waals surface area (Å²) in [4.78, 5) is 13.7. The average molecular weight is 257 g/mol. The van der Waals surface area contributed by atoms with Crippen LogP contribution in [0.3, 0.4) is 0 Å². The van der Waals surface area contributed by atoms with E-state index in [-0.39, 0.29) is 24.4 Å². The van der Waals surface area contributed by atoms with Crippen molar-refractivity contribution in [1.82, 2.24) is 4.90 Å². The zero-order valence-corrected chi connectivity index (χ0v) is 11.2. The van der Waals surface area contributed by atoms with Crippen molar-refractivity contribution in [3.8, 4) is 0 Å². The second kappa shape index (κ2) is 8.09. The summed E-state index contributed by atoms with van der Waals surface area (Å²) in [6.07, 6.45) is 0.417. The molecule has 0 aromatic heterocycles. The molecular weight excluding hydrogens is 236 g/mol. The van der Waals surface area contributed by atoms with E-state index in [1.807, 2.05) is 49.1 Å². The molecule has 1 amide bonds. The molecule has 0 aliphatic heterocycles. The van der Waals surface area contributed by atoms with E-state index < -0.39 is 0 Å². The van der Waals surface area contributed by atoms with Gasteiger partial charge in [0.05, 0.1) is 0 Å². The van der Waals surface area contributed by atoms with Gasteiger partial charge in [-0.1, -0.05) is 30.3 Å². The Morgan fingerprint density at radius 3 is 2.41 bits per heavy atom. The van der Waals surface area contributed by atoms with Crippen LogP contribution in [0.5, 0.6) is 0 Å². The fourth-order valence-electron chi connectivity index (χ4n) is 1.58. The normalized spacial score (nSPS) is 11.5. The summed E-state index contributed by atoms with van der Waals surface area (Å²) in [5.74, 6) is 0.126. The lowest BCUT2D eigenvalue weighted by Crippen LogP contribution is -2.34. The minimum atomic E-state index is -0.0719. The molecule has 0 aliphatic carbocycles. The van der Waals surface area contributed by atoms with Gasteiger partial charge in [0, 0.05) is 25.6 Å². The molecule has 2 N–H and O–H groups in total. The van der Waals surface area contributed by atoms with Crippen molar-refractivity contribution in [2.45, 2.75) is 32.9 Å². The molecule has 96 valence electrons. The third-order valence-electron chi connectivity index (χ3n) is 2.45. The Hall–Kier alpha value is -1.06. The molecule has 1 aromatic rings. The van der Waals surface area contributed by atoms with Crippen molar-refractivity contribution in [3.63, 3.8) is 0 Å². The number of hydrogen-bond donors (Lipinski definition) is 1. The van der Waals surface area contributed by atoms with Gasteiger partial charge < -0.3 is 10.6 Å². The van der Waals surface area contributed by atoms with E-state index in [2.05, 4.69) is 0 Å². The molecule has 0 spiro atoms. The van der Waals surface area contributed by atoms with E-state index in [1.54, 1.807) is 0 Å². The Balaban J connectivity index is 0.00000256. The Morgan fingerprint density at radius 1 is 1.35 bits per heavy atom. The second-order valence-corrected chi connectivity index (χ2v) is 4.07. The number of benzene rings is 1. The van der Waals surface area contributed by atoms with Crippen molar-refractivity contribution in [2.75, 3.05) is 6.54 Å². The van der Waals surface area contributed by atoms with E-state index in [0.29, 0.717) is 13.0 Å². The summed E-state index contributed by atoms with van der Waals surface area (Å²) in [5.41, 5.74) is 6.79. The molecule has 3 nitrogen and oxygen atoms in total. The monoisotopic (exact) mass is 256 g/mol. The number of nitrogens with two attached hydrogens (primary N) is 1. The van der Waals surface area contributed by atoms with Gasteiger partial charge in [-0.25, -0.2) is 0 Å². The number of amides is 1. The minimum absolute atomic E-state index is 0. The highest BCUT2D eigenvalue weighted by Gasteiger charge is 2.13. The van der Waals surface area contributed by atoms with Crippen LogP contribution in [-0.2, 0) is 11.3 Å². The molecule has 0 radical (unpaired) electrons. The van der Waals surface area contributed by atoms with E-state index in [0.717, 1.165) is 12.1 Å². The predicted molar refractivity (Wildman–Crippen MR) is 73.0 cm³/mol. The van der Waals surface area contributed by atoms with Crippen molar-refractivity contribution >= 4 is 18.3 Å². The van der Waals surface area contributed by atoms with Crippen molar-refractivity contribution < 1.29 is 4.79 Å². The largest absolute Gasteiger partial charge is 0.339 e. The summed E-state index contributed by atoms with van der Waals surface area (Å²) in [6.45, 7) is 5.24. The van der Waals surface area contributed by atoms with Gasteiger partial charge in [0.1, 0.15) is 0 Å². The number of halogens is 1. The van der Waals surface area contributed by atoms with Gasteiger partial charge in [-0.15, -0.1) is 12.4 Å². The standard InChI is InChI=1S/C13H20N2O.ClH/c1-3-15(13(16)9-11(2)14)10-12-7-5-4-6-8-12;/h4-8,11H,3,9-10,14H2,1-2H3;1H. The van der Waals surface area contributed by atoms with Gasteiger partial charge in [0.15, 0.2) is 0 Å². The number of carbonyl (C=O) groups is 1. The molecule has 0 fully saturated rings. The first kappa shape index (κ1) is 15.9. The van der Waals surface area contributed by atoms with Crippen LogP contribution < -0.4 is 5.73 Å². The van der Waals surface area contributed by atoms with Gasteiger partial charge in [0.25, 0.3) is 0 Å². The van der Waals surface area contributed by atoms with Crippen molar-refractivity contribution in [3.05, 3.63) is 35.9 Å². The maximum atomic E-state index is 11.8. The first-order chi connectivity index (χ1) is 7.63. The van der Waals surface area contributed by atoms with Crippen LogP contribution in [0.4, 0.5) is 0 Å². The van der Waals surface area contributed by atoms with Gasteiger partial charge in [-0.05, 0) is 19.4 Å². The Kier molecular flexibility index (Phi) is 7.59. The highest BCUT2D eigenvalue weighted by atomic mass is 35.5. The number of rotatable bonds is 5. The number of nitrogens with zero attached hydrogens (tertiary/aromatic N) is 1. The van der Waals surface area contributed by atoms with Crippen molar-refractivity contribution in [1.29, 1.82) is 0 Å². The van der Waals surface area contributed by atoms with Crippen molar-refractivity contribution in [2.24, 2.45) is 5.73 Å². The van der Waals surface area contributed by atoms with Crippen LogP contribution in [0.2, 0.25) is 0 Å². The lowest BCUT2D eigenvalue weighted by molar-refractivity contribution is -0.131. The predicted octanol–water partition coefficient (Wildman–Crippen LogP) is 2.19. The fraction of sp³-hybridized carbons (Fsp3) is 0.462. The van der Waals surface area contributed by atoms with Crippen LogP contribution in [0.15, 0.2) is 30.3 Å². The average Bonchev–Trinajstić information content (AvgIpc) is 2.26. The minimum Gasteiger partial charge on any atom is -0.339 e. The zero-order valence-electron chi connectivity index (χ0n) is 10.4. The summed E-state index contributed by atoms with van der Waals surface area (Å²) < 4.78 is 0. The molecule has 1 aromatic carbocycles. The molecule has 0 aliphatic rings. The maximum absolute atomic E-state index is 11.8. The van der Waals surface area contributed by atoms with Gasteiger partial charge in [0.2, 0.25) is 5.91 Å². The summed E-state index contributed by atoms with van der Waals surface area (Å²) in [7, 11) is 0. The first-order valence-corrected chi connectivity index (χ1v) is 5.70. The first-order valence-electron chi connectivity index (χ1n) is 5.70. The molecule has 1 atom stereocenters. The second-order valence-electron chi connectivity index (χ2n) is 4.07. The molecule has 4 heteroatoms. The molecule has 1 rings (SSSR count). The van der Waals surface area contributed by atoms with Crippen LogP contribution in [0, 0.1) is 0 Å². The summed E-state index contributed by atoms with van der Waals surface area (Å²) in [6, 6.07) is 9.93. The molecule has 0 heterocycles. The Morgan fingerprint density at radius 2 is 1.94 bits per heavy atom. The van der Waals surface area contributed by atoms with E-state index >= 15 is 0 Å². The molecule has 17 heavy (non-hydrogen) atoms. The van der Waals surface area contributed by atoms with Gasteiger partial charge in [-0.2, -0.15) is 0 Å². The van der Waals surface area contributed by atoms with E-state index in [4.69, 9.17) is 5.73 Å². The summed E-state index contributed by atoms with van der Waals surface area (Å²) >= 11 is 0. The highest BCUT2D eigenvalue weighted by molar-refractivity contribution is 5.85. The van der Waals surface area contributed by atoms with Crippen LogP contribution in [0.25, 0.3) is 0 Å². The van der Waals surface area contributed by atoms with Crippen LogP contribution in [0.1, 0.15) is 25.8 Å². The van der Waals surface area contributed by atoms with Crippen LogP contribution in [-0.4, -0.2) is 23.4 Å². The summed E-state index contributed by atoms with van der Waals surface area (Å²) in [5, 5.41) is 0. The molecular formula is C13H21ClN2O. The highest BCUT2D eigenvalue weighted by Crippen LogP contribution is 2.06. The van der Waals surface area contributed by atoms with Crippen LogP contribution >= 0.6 is 12.4 Å². The number of hydrogen-bond acceptors (Lipinski definition) is 2. The van der Waals surface area contributed by atoms with Gasteiger partial charge in [-0.3, -0.25) is 4.79 Å². The Bertz CT molecular complexity index is 327. The third kappa shape index (κ3) is 5.71. The molecule has 0 saturated heterocycles. The Labute approximate surface area is 109 Å². The van der Waals surface area contributed by atoms with E-state index in [1.165, 1.54) is 0 Å². The lowest BCUT2D eigenvalue weighted by atomic mass is 10.2. The number of carbonyl (C=O) groups excluding carboxylic acids is 1. The SMILES string of the molecule is CCN(Cc1ccccc1)C(=O)CC(C)N.Cl. The fourth-order valence-corrected chi connectivity index (χ4v) is 1.58. The molecule has 0 saturated carbocycles. The van der Waals surface area contributed by atoms with Gasteiger partial charge >= 0.3 is 0 Å². The van der Waals surface area contributed by atoms with E-state index in [9.17, 15) is 4.79 Å². The maximum Gasteiger partial charge on any atom is 0.224 e. The quantitative estimate of drug-likeness (QED) is 0.878. The topological polar surface area (TPSA) is 46.3 Å².